The zero-order valence-corrected chi connectivity index (χ0v) is 22.5. The number of hydrogen-bond donors (Lipinski definition) is 0. The summed E-state index contributed by atoms with van der Waals surface area (Å²) in [6, 6.07) is 14.1. The van der Waals surface area contributed by atoms with E-state index in [0.29, 0.717) is 23.0 Å². The molecule has 0 amide bonds. The van der Waals surface area contributed by atoms with Gasteiger partial charge in [-0.1, -0.05) is 13.8 Å². The average Bonchev–Trinajstić information content (AvgIpc) is 2.93. The van der Waals surface area contributed by atoms with Gasteiger partial charge in [0.2, 0.25) is 0 Å². The monoisotopic (exact) mass is 508 g/mol. The number of methoxy groups -OCH3 is 2. The van der Waals surface area contributed by atoms with Crippen molar-refractivity contribution in [1.29, 1.82) is 0 Å². The van der Waals surface area contributed by atoms with Crippen LogP contribution in [0.4, 0.5) is 0 Å². The van der Waals surface area contributed by atoms with Crippen molar-refractivity contribution in [2.45, 2.75) is 77.4 Å². The molecule has 2 aliphatic rings. The third kappa shape index (κ3) is 6.65. The first-order valence-corrected chi connectivity index (χ1v) is 13.5. The SMILES string of the molecule is COc1ccc(C(=O)OC2CCC(C(C)(C)C3CCC(OC(=O)c4ccc(OC)cc4)CC3)CC2)cc1. The first-order chi connectivity index (χ1) is 17.8. The standard InChI is InChI=1S/C31H40O6/c1-31(2,23-9-17-27(18-10-23)36-29(32)21-5-13-25(34-3)14-6-21)24-11-19-28(20-12-24)37-30(33)22-7-15-26(35-4)16-8-22/h5-8,13-16,23-24,27-28H,9-12,17-20H2,1-4H3. The lowest BCUT2D eigenvalue weighted by molar-refractivity contribution is -0.0199. The molecule has 2 aromatic carbocycles. The number of hydrogen-bond acceptors (Lipinski definition) is 6. The van der Waals surface area contributed by atoms with Crippen molar-refractivity contribution < 1.29 is 28.5 Å². The topological polar surface area (TPSA) is 71.1 Å². The second-order valence-electron chi connectivity index (χ2n) is 11.0. The van der Waals surface area contributed by atoms with Gasteiger partial charge >= 0.3 is 11.9 Å². The fourth-order valence-corrected chi connectivity index (χ4v) is 6.08. The van der Waals surface area contributed by atoms with Crippen LogP contribution in [0.15, 0.2) is 48.5 Å². The van der Waals surface area contributed by atoms with Crippen LogP contribution in [-0.2, 0) is 9.47 Å². The molecule has 200 valence electrons. The summed E-state index contributed by atoms with van der Waals surface area (Å²) in [4.78, 5) is 25.1. The predicted octanol–water partition coefficient (Wildman–Crippen LogP) is 6.86. The number of rotatable bonds is 8. The molecule has 0 aromatic heterocycles. The van der Waals surface area contributed by atoms with Gasteiger partial charge in [-0.3, -0.25) is 0 Å². The highest BCUT2D eigenvalue weighted by atomic mass is 16.5. The molecule has 0 spiro atoms. The Morgan fingerprint density at radius 3 is 1.22 bits per heavy atom. The van der Waals surface area contributed by atoms with Crippen molar-refractivity contribution in [3.8, 4) is 11.5 Å². The van der Waals surface area contributed by atoms with Crippen LogP contribution in [-0.4, -0.2) is 38.4 Å². The number of carbonyl (C=O) groups is 2. The fraction of sp³-hybridized carbons (Fsp3) is 0.548. The van der Waals surface area contributed by atoms with Crippen molar-refractivity contribution in [3.05, 3.63) is 59.7 Å². The van der Waals surface area contributed by atoms with E-state index in [2.05, 4.69) is 13.8 Å². The van der Waals surface area contributed by atoms with E-state index in [1.165, 1.54) is 0 Å². The normalized spacial score (nSPS) is 24.1. The summed E-state index contributed by atoms with van der Waals surface area (Å²) in [5.41, 5.74) is 1.33. The van der Waals surface area contributed by atoms with Gasteiger partial charge in [0.15, 0.2) is 0 Å². The second kappa shape index (κ2) is 12.0. The van der Waals surface area contributed by atoms with Gasteiger partial charge in [0.1, 0.15) is 23.7 Å². The Kier molecular flexibility index (Phi) is 8.78. The predicted molar refractivity (Wildman–Crippen MR) is 142 cm³/mol. The average molecular weight is 509 g/mol. The number of ether oxygens (including phenoxy) is 4. The van der Waals surface area contributed by atoms with E-state index < -0.39 is 0 Å². The fourth-order valence-electron chi connectivity index (χ4n) is 6.08. The molecule has 2 fully saturated rings. The van der Waals surface area contributed by atoms with E-state index in [9.17, 15) is 9.59 Å². The summed E-state index contributed by atoms with van der Waals surface area (Å²) in [7, 11) is 3.22. The van der Waals surface area contributed by atoms with E-state index in [-0.39, 0.29) is 29.6 Å². The first-order valence-electron chi connectivity index (χ1n) is 13.5. The van der Waals surface area contributed by atoms with Crippen LogP contribution in [0.3, 0.4) is 0 Å². The molecule has 6 heteroatoms. The molecule has 4 rings (SSSR count). The van der Waals surface area contributed by atoms with Gasteiger partial charge in [-0.15, -0.1) is 0 Å². The molecule has 0 saturated heterocycles. The molecule has 0 unspecified atom stereocenters. The van der Waals surface area contributed by atoms with Crippen LogP contribution in [0.25, 0.3) is 0 Å². The van der Waals surface area contributed by atoms with E-state index >= 15 is 0 Å². The Labute approximate surface area is 220 Å². The van der Waals surface area contributed by atoms with Crippen LogP contribution >= 0.6 is 0 Å². The first kappa shape index (κ1) is 27.0. The summed E-state index contributed by atoms with van der Waals surface area (Å²) in [5.74, 6) is 2.15. The van der Waals surface area contributed by atoms with E-state index in [1.807, 2.05) is 0 Å². The maximum atomic E-state index is 12.6. The lowest BCUT2D eigenvalue weighted by Crippen LogP contribution is -2.39. The van der Waals surface area contributed by atoms with Gasteiger partial charge in [0, 0.05) is 0 Å². The summed E-state index contributed by atoms with van der Waals surface area (Å²) < 4.78 is 22.0. The minimum Gasteiger partial charge on any atom is -0.497 e. The highest BCUT2D eigenvalue weighted by molar-refractivity contribution is 5.90. The molecule has 2 saturated carbocycles. The summed E-state index contributed by atoms with van der Waals surface area (Å²) in [6.45, 7) is 4.80. The largest absolute Gasteiger partial charge is 0.497 e. The molecule has 37 heavy (non-hydrogen) atoms. The lowest BCUT2D eigenvalue weighted by atomic mass is 9.60. The molecule has 0 heterocycles. The molecule has 2 aliphatic carbocycles. The number of benzene rings is 2. The van der Waals surface area contributed by atoms with Gasteiger partial charge in [-0.25, -0.2) is 9.59 Å². The van der Waals surface area contributed by atoms with Gasteiger partial charge < -0.3 is 18.9 Å². The van der Waals surface area contributed by atoms with Gasteiger partial charge in [0.05, 0.1) is 25.3 Å². The van der Waals surface area contributed by atoms with Crippen LogP contribution in [0.1, 0.15) is 85.9 Å². The molecule has 2 aromatic rings. The Balaban J connectivity index is 1.22. The lowest BCUT2D eigenvalue weighted by Gasteiger charge is -2.46. The molecule has 0 N–H and O–H groups in total. The van der Waals surface area contributed by atoms with Crippen molar-refractivity contribution >= 4 is 11.9 Å². The maximum Gasteiger partial charge on any atom is 0.338 e. The minimum atomic E-state index is -0.257. The smallest absolute Gasteiger partial charge is 0.338 e. The molecule has 0 aliphatic heterocycles. The molecule has 6 nitrogen and oxygen atoms in total. The van der Waals surface area contributed by atoms with E-state index in [0.717, 1.165) is 62.9 Å². The van der Waals surface area contributed by atoms with Crippen LogP contribution in [0, 0.1) is 17.3 Å². The summed E-state index contributed by atoms with van der Waals surface area (Å²) in [5, 5.41) is 0. The molecule has 0 atom stereocenters. The molecule has 0 bridgehead atoms. The van der Waals surface area contributed by atoms with Crippen LogP contribution in [0.5, 0.6) is 11.5 Å². The van der Waals surface area contributed by atoms with Crippen molar-refractivity contribution in [2.24, 2.45) is 17.3 Å². The zero-order valence-electron chi connectivity index (χ0n) is 22.5. The van der Waals surface area contributed by atoms with Crippen molar-refractivity contribution in [3.63, 3.8) is 0 Å². The quantitative estimate of drug-likeness (QED) is 0.363. The summed E-state index contributed by atoms with van der Waals surface area (Å²) in [6.07, 6.45) is 7.87. The second-order valence-corrected chi connectivity index (χ2v) is 11.0. The van der Waals surface area contributed by atoms with Crippen LogP contribution < -0.4 is 9.47 Å². The minimum absolute atomic E-state index is 0.0187. The van der Waals surface area contributed by atoms with Gasteiger partial charge in [0.25, 0.3) is 0 Å². The Bertz CT molecular complexity index is 943. The number of carbonyl (C=O) groups excluding carboxylic acids is 2. The third-order valence-electron chi connectivity index (χ3n) is 8.65. The Hall–Kier alpha value is -3.02. The highest BCUT2D eigenvalue weighted by Crippen LogP contribution is 2.49. The third-order valence-corrected chi connectivity index (χ3v) is 8.65. The Morgan fingerprint density at radius 2 is 0.919 bits per heavy atom. The molecular weight excluding hydrogens is 468 g/mol. The maximum absolute atomic E-state index is 12.6. The van der Waals surface area contributed by atoms with Crippen molar-refractivity contribution in [1.82, 2.24) is 0 Å². The summed E-state index contributed by atoms with van der Waals surface area (Å²) >= 11 is 0. The van der Waals surface area contributed by atoms with Gasteiger partial charge in [-0.05, 0) is 117 Å². The van der Waals surface area contributed by atoms with Gasteiger partial charge in [-0.2, -0.15) is 0 Å². The zero-order chi connectivity index (χ0) is 26.4. The van der Waals surface area contributed by atoms with Crippen LogP contribution in [0.2, 0.25) is 0 Å². The van der Waals surface area contributed by atoms with E-state index in [4.69, 9.17) is 18.9 Å². The Morgan fingerprint density at radius 1 is 0.595 bits per heavy atom. The highest BCUT2D eigenvalue weighted by Gasteiger charge is 2.41. The molecular formula is C31H40O6. The van der Waals surface area contributed by atoms with E-state index in [1.54, 1.807) is 62.8 Å². The molecule has 0 radical (unpaired) electrons. The van der Waals surface area contributed by atoms with Crippen molar-refractivity contribution in [2.75, 3.05) is 14.2 Å². The number of esters is 2.